The van der Waals surface area contributed by atoms with E-state index in [0.717, 1.165) is 0 Å². The summed E-state index contributed by atoms with van der Waals surface area (Å²) in [6, 6.07) is 4.93. The number of nitrogens with zero attached hydrogens (tertiary/aromatic N) is 1. The van der Waals surface area contributed by atoms with E-state index in [4.69, 9.17) is 22.1 Å². The summed E-state index contributed by atoms with van der Waals surface area (Å²) in [5.74, 6) is 0. The lowest BCUT2D eigenvalue weighted by Gasteiger charge is -2.18. The Hall–Kier alpha value is -1.42. The highest BCUT2D eigenvalue weighted by molar-refractivity contribution is 6.31. The second-order valence-corrected chi connectivity index (χ2v) is 3.40. The number of carbonyl (C=O) groups excluding carboxylic acids is 1. The maximum Gasteiger partial charge on any atom is 0.414 e. The number of amides is 1. The van der Waals surface area contributed by atoms with Crippen LogP contribution in [0.25, 0.3) is 0 Å². The Balaban J connectivity index is 2.94. The van der Waals surface area contributed by atoms with Crippen LogP contribution in [0.1, 0.15) is 6.92 Å². The standard InChI is InChI=1S/C10H13ClN2O2/c1-3-15-10(14)13(2)9-6-7(11)4-5-8(9)12/h4-6H,3,12H2,1-2H3. The predicted molar refractivity (Wildman–Crippen MR) is 61.3 cm³/mol. The smallest absolute Gasteiger partial charge is 0.414 e. The molecule has 1 aromatic carbocycles. The molecule has 0 radical (unpaired) electrons. The zero-order valence-corrected chi connectivity index (χ0v) is 9.41. The maximum atomic E-state index is 11.4. The molecule has 0 atom stereocenters. The van der Waals surface area contributed by atoms with Crippen LogP contribution < -0.4 is 10.6 Å². The third-order valence-electron chi connectivity index (χ3n) is 1.90. The van der Waals surface area contributed by atoms with Gasteiger partial charge in [0.15, 0.2) is 0 Å². The van der Waals surface area contributed by atoms with Crippen molar-refractivity contribution < 1.29 is 9.53 Å². The van der Waals surface area contributed by atoms with Gasteiger partial charge in [0.1, 0.15) is 0 Å². The molecule has 1 amide bonds. The Morgan fingerprint density at radius 2 is 2.27 bits per heavy atom. The summed E-state index contributed by atoms with van der Waals surface area (Å²) in [6.45, 7) is 2.07. The van der Waals surface area contributed by atoms with Crippen molar-refractivity contribution in [1.29, 1.82) is 0 Å². The molecule has 0 spiro atoms. The van der Waals surface area contributed by atoms with E-state index in [2.05, 4.69) is 0 Å². The van der Waals surface area contributed by atoms with E-state index in [1.54, 1.807) is 32.2 Å². The van der Waals surface area contributed by atoms with Crippen LogP contribution in [0.2, 0.25) is 5.02 Å². The minimum atomic E-state index is -0.452. The lowest BCUT2D eigenvalue weighted by Crippen LogP contribution is -2.27. The quantitative estimate of drug-likeness (QED) is 0.792. The zero-order valence-electron chi connectivity index (χ0n) is 8.66. The molecule has 15 heavy (non-hydrogen) atoms. The number of carbonyl (C=O) groups is 1. The normalized spacial score (nSPS) is 9.80. The topological polar surface area (TPSA) is 55.6 Å². The van der Waals surface area contributed by atoms with Gasteiger partial charge in [-0.1, -0.05) is 11.6 Å². The van der Waals surface area contributed by atoms with Crippen molar-refractivity contribution in [1.82, 2.24) is 0 Å². The number of anilines is 2. The molecule has 0 heterocycles. The molecule has 0 unspecified atom stereocenters. The average Bonchev–Trinajstić information content (AvgIpc) is 2.21. The van der Waals surface area contributed by atoms with Crippen LogP contribution in [-0.2, 0) is 4.74 Å². The molecule has 0 aliphatic carbocycles. The van der Waals surface area contributed by atoms with Crippen LogP contribution in [0, 0.1) is 0 Å². The molecule has 0 aliphatic rings. The van der Waals surface area contributed by atoms with E-state index in [9.17, 15) is 4.79 Å². The van der Waals surface area contributed by atoms with Crippen molar-refractivity contribution in [2.75, 3.05) is 24.3 Å². The first-order valence-corrected chi connectivity index (χ1v) is 4.89. The van der Waals surface area contributed by atoms with Gasteiger partial charge in [0, 0.05) is 12.1 Å². The lowest BCUT2D eigenvalue weighted by molar-refractivity contribution is 0.161. The van der Waals surface area contributed by atoms with E-state index in [-0.39, 0.29) is 0 Å². The largest absolute Gasteiger partial charge is 0.449 e. The highest BCUT2D eigenvalue weighted by atomic mass is 35.5. The van der Waals surface area contributed by atoms with Gasteiger partial charge >= 0.3 is 6.09 Å². The molecule has 0 bridgehead atoms. The number of halogens is 1. The summed E-state index contributed by atoms with van der Waals surface area (Å²) >= 11 is 5.81. The van der Waals surface area contributed by atoms with E-state index >= 15 is 0 Å². The Labute approximate surface area is 93.6 Å². The van der Waals surface area contributed by atoms with Crippen LogP contribution in [0.3, 0.4) is 0 Å². The van der Waals surface area contributed by atoms with Gasteiger partial charge in [-0.2, -0.15) is 0 Å². The molecule has 0 aromatic heterocycles. The molecule has 0 fully saturated rings. The van der Waals surface area contributed by atoms with E-state index in [1.807, 2.05) is 0 Å². The minimum absolute atomic E-state index is 0.323. The molecule has 0 aliphatic heterocycles. The first-order valence-electron chi connectivity index (χ1n) is 4.51. The number of ether oxygens (including phenoxy) is 1. The average molecular weight is 229 g/mol. The molecule has 4 nitrogen and oxygen atoms in total. The van der Waals surface area contributed by atoms with Gasteiger partial charge in [-0.25, -0.2) is 4.79 Å². The van der Waals surface area contributed by atoms with Gasteiger partial charge in [-0.3, -0.25) is 4.90 Å². The lowest BCUT2D eigenvalue weighted by atomic mass is 10.2. The van der Waals surface area contributed by atoms with Crippen LogP contribution in [0.5, 0.6) is 0 Å². The van der Waals surface area contributed by atoms with Crippen molar-refractivity contribution in [3.05, 3.63) is 23.2 Å². The number of hydrogen-bond donors (Lipinski definition) is 1. The van der Waals surface area contributed by atoms with Gasteiger partial charge < -0.3 is 10.5 Å². The number of nitrogens with two attached hydrogens (primary N) is 1. The first kappa shape index (κ1) is 11.7. The first-order chi connectivity index (χ1) is 7.06. The number of nitrogen functional groups attached to an aromatic ring is 1. The monoisotopic (exact) mass is 228 g/mol. The summed E-state index contributed by atoms with van der Waals surface area (Å²) in [5.41, 5.74) is 6.74. The second kappa shape index (κ2) is 4.89. The fourth-order valence-corrected chi connectivity index (χ4v) is 1.29. The third kappa shape index (κ3) is 2.76. The van der Waals surface area contributed by atoms with E-state index in [1.165, 1.54) is 4.90 Å². The number of hydrogen-bond acceptors (Lipinski definition) is 3. The predicted octanol–water partition coefficient (Wildman–Crippen LogP) is 2.51. The highest BCUT2D eigenvalue weighted by Gasteiger charge is 2.14. The van der Waals surface area contributed by atoms with Crippen LogP contribution in [-0.4, -0.2) is 19.7 Å². The Kier molecular flexibility index (Phi) is 3.80. The Morgan fingerprint density at radius 1 is 1.60 bits per heavy atom. The molecule has 0 saturated heterocycles. The summed E-state index contributed by atoms with van der Waals surface area (Å²) in [7, 11) is 1.58. The fourth-order valence-electron chi connectivity index (χ4n) is 1.13. The summed E-state index contributed by atoms with van der Waals surface area (Å²) in [6.07, 6.45) is -0.452. The van der Waals surface area contributed by atoms with Crippen molar-refractivity contribution in [2.24, 2.45) is 0 Å². The summed E-state index contributed by atoms with van der Waals surface area (Å²) in [4.78, 5) is 12.7. The third-order valence-corrected chi connectivity index (χ3v) is 2.13. The molecular weight excluding hydrogens is 216 g/mol. The molecule has 5 heteroatoms. The van der Waals surface area contributed by atoms with Crippen molar-refractivity contribution >= 4 is 29.1 Å². The molecule has 82 valence electrons. The fraction of sp³-hybridized carbons (Fsp3) is 0.300. The SMILES string of the molecule is CCOC(=O)N(C)c1cc(Cl)ccc1N. The van der Waals surface area contributed by atoms with Gasteiger partial charge in [-0.05, 0) is 25.1 Å². The number of rotatable bonds is 2. The van der Waals surface area contributed by atoms with Gasteiger partial charge in [0.25, 0.3) is 0 Å². The van der Waals surface area contributed by atoms with E-state index < -0.39 is 6.09 Å². The minimum Gasteiger partial charge on any atom is -0.449 e. The number of benzene rings is 1. The summed E-state index contributed by atoms with van der Waals surface area (Å²) < 4.78 is 4.84. The molecule has 2 N–H and O–H groups in total. The van der Waals surface area contributed by atoms with Crippen LogP contribution in [0.15, 0.2) is 18.2 Å². The van der Waals surface area contributed by atoms with Crippen molar-refractivity contribution in [2.45, 2.75) is 6.92 Å². The summed E-state index contributed by atoms with van der Waals surface area (Å²) in [5, 5.41) is 0.523. The Bertz CT molecular complexity index is 368. The van der Waals surface area contributed by atoms with Crippen molar-refractivity contribution in [3.63, 3.8) is 0 Å². The van der Waals surface area contributed by atoms with Gasteiger partial charge in [0.2, 0.25) is 0 Å². The second-order valence-electron chi connectivity index (χ2n) is 2.96. The van der Waals surface area contributed by atoms with Crippen LogP contribution >= 0.6 is 11.6 Å². The Morgan fingerprint density at radius 3 is 2.87 bits per heavy atom. The van der Waals surface area contributed by atoms with Gasteiger partial charge in [-0.15, -0.1) is 0 Å². The molecule has 0 saturated carbocycles. The van der Waals surface area contributed by atoms with Gasteiger partial charge in [0.05, 0.1) is 18.0 Å². The molecule has 1 rings (SSSR count). The maximum absolute atomic E-state index is 11.4. The van der Waals surface area contributed by atoms with Crippen LogP contribution in [0.4, 0.5) is 16.2 Å². The zero-order chi connectivity index (χ0) is 11.4. The van der Waals surface area contributed by atoms with Crippen molar-refractivity contribution in [3.8, 4) is 0 Å². The molecular formula is C10H13ClN2O2. The highest BCUT2D eigenvalue weighted by Crippen LogP contribution is 2.26. The van der Waals surface area contributed by atoms with E-state index in [0.29, 0.717) is 23.0 Å². The molecule has 1 aromatic rings.